The molecule has 5 rings (SSSR count). The number of urea groups is 1. The number of Topliss-reactive ketones (excluding diaryl/α,β-unsaturated/α-hetero) is 1. The number of carbonyl (C=O) groups excluding carboxylic acids is 2. The van der Waals surface area contributed by atoms with Crippen LogP contribution in [0.4, 0.5) is 10.5 Å². The second kappa shape index (κ2) is 9.45. The summed E-state index contributed by atoms with van der Waals surface area (Å²) < 4.78 is 0. The maximum absolute atomic E-state index is 12.3. The Hall–Kier alpha value is -1.96. The Morgan fingerprint density at radius 3 is 2.43 bits per heavy atom. The number of amides is 2. The van der Waals surface area contributed by atoms with Gasteiger partial charge in [0.05, 0.1) is 0 Å². The molecule has 2 N–H and O–H groups in total. The molecular formula is C23H35N5O2. The average molecular weight is 414 g/mol. The third-order valence-electron chi connectivity index (χ3n) is 7.15. The first-order valence-electron chi connectivity index (χ1n) is 11.3. The molecule has 0 spiro atoms. The quantitative estimate of drug-likeness (QED) is 0.698. The lowest BCUT2D eigenvalue weighted by molar-refractivity contribution is -0.0155. The summed E-state index contributed by atoms with van der Waals surface area (Å²) in [6.07, 6.45) is 2.48. The lowest BCUT2D eigenvalue weighted by Crippen LogP contribution is -2.59. The Labute approximate surface area is 179 Å². The minimum absolute atomic E-state index is 0.0262. The van der Waals surface area contributed by atoms with Crippen molar-refractivity contribution in [2.24, 2.45) is 11.8 Å². The molecule has 1 aromatic rings. The second-order valence-corrected chi connectivity index (χ2v) is 9.27. The molecule has 30 heavy (non-hydrogen) atoms. The fourth-order valence-corrected chi connectivity index (χ4v) is 5.20. The normalized spacial score (nSPS) is 29.5. The van der Waals surface area contributed by atoms with E-state index in [-0.39, 0.29) is 11.8 Å². The molecule has 7 heteroatoms. The van der Waals surface area contributed by atoms with Gasteiger partial charge in [0.2, 0.25) is 0 Å². The number of hydrogen-bond donors (Lipinski definition) is 2. The van der Waals surface area contributed by atoms with Crippen molar-refractivity contribution in [2.45, 2.75) is 25.8 Å². The number of carbonyl (C=O) groups is 2. The fraction of sp³-hybridized carbons (Fsp3) is 0.652. The van der Waals surface area contributed by atoms with E-state index in [1.807, 2.05) is 0 Å². The minimum atomic E-state index is -0.179. The van der Waals surface area contributed by atoms with Gasteiger partial charge in [0.25, 0.3) is 0 Å². The Morgan fingerprint density at radius 2 is 1.80 bits per heavy atom. The van der Waals surface area contributed by atoms with Crippen molar-refractivity contribution in [1.29, 1.82) is 0 Å². The molecule has 4 fully saturated rings. The van der Waals surface area contributed by atoms with Gasteiger partial charge in [-0.3, -0.25) is 9.69 Å². The van der Waals surface area contributed by atoms with Crippen LogP contribution in [0.5, 0.6) is 0 Å². The molecule has 2 amide bonds. The number of rotatable bonds is 6. The largest absolute Gasteiger partial charge is 0.336 e. The molecule has 0 aliphatic carbocycles. The van der Waals surface area contributed by atoms with Crippen molar-refractivity contribution in [2.75, 3.05) is 64.7 Å². The molecule has 1 aromatic carbocycles. The van der Waals surface area contributed by atoms with Crippen molar-refractivity contribution in [1.82, 2.24) is 20.0 Å². The lowest BCUT2D eigenvalue weighted by Gasteiger charge is -2.51. The van der Waals surface area contributed by atoms with Gasteiger partial charge in [-0.2, -0.15) is 0 Å². The van der Waals surface area contributed by atoms with E-state index in [0.717, 1.165) is 24.9 Å². The maximum atomic E-state index is 12.3. The van der Waals surface area contributed by atoms with Crippen LogP contribution in [0.1, 0.15) is 30.1 Å². The summed E-state index contributed by atoms with van der Waals surface area (Å²) in [5.41, 5.74) is 1.35. The highest BCUT2D eigenvalue weighted by Gasteiger charge is 2.40. The Kier molecular flexibility index (Phi) is 6.71. The standard InChI is InChI=1S/C23H35N5O2/c1-17(29)18-3-5-21(6-4-18)25-23(30)24-14-22-13-19-7-8-28(22)16-20(19)15-27-11-9-26(2)10-12-27/h3-6,19-20,22H,7-16H2,1-2H3,(H2,24,25,30). The average Bonchev–Trinajstić information content (AvgIpc) is 2.75. The zero-order valence-electron chi connectivity index (χ0n) is 18.3. The highest BCUT2D eigenvalue weighted by atomic mass is 16.2. The summed E-state index contributed by atoms with van der Waals surface area (Å²) in [4.78, 5) is 31.3. The van der Waals surface area contributed by atoms with Gasteiger partial charge < -0.3 is 20.4 Å². The van der Waals surface area contributed by atoms with Crippen LogP contribution in [-0.4, -0.2) is 92.0 Å². The predicted octanol–water partition coefficient (Wildman–Crippen LogP) is 1.97. The molecule has 4 heterocycles. The highest BCUT2D eigenvalue weighted by Crippen LogP contribution is 2.36. The third kappa shape index (κ3) is 5.20. The van der Waals surface area contributed by atoms with Crippen LogP contribution in [0.25, 0.3) is 0 Å². The SMILES string of the molecule is CC(=O)c1ccc(NC(=O)NCC2CC3CCN2CC3CN2CCN(C)CC2)cc1. The first kappa shape index (κ1) is 21.3. The number of ketones is 1. The van der Waals surface area contributed by atoms with Gasteiger partial charge in [-0.1, -0.05) is 0 Å². The molecule has 4 aliphatic heterocycles. The molecule has 7 nitrogen and oxygen atoms in total. The zero-order chi connectivity index (χ0) is 21.1. The van der Waals surface area contributed by atoms with Gasteiger partial charge in [-0.15, -0.1) is 0 Å². The van der Waals surface area contributed by atoms with Gasteiger partial charge in [-0.25, -0.2) is 4.79 Å². The molecular weight excluding hydrogens is 378 g/mol. The predicted molar refractivity (Wildman–Crippen MR) is 119 cm³/mol. The van der Waals surface area contributed by atoms with Gasteiger partial charge in [0.15, 0.2) is 5.78 Å². The van der Waals surface area contributed by atoms with E-state index >= 15 is 0 Å². The van der Waals surface area contributed by atoms with E-state index in [9.17, 15) is 9.59 Å². The van der Waals surface area contributed by atoms with E-state index in [1.165, 1.54) is 52.5 Å². The van der Waals surface area contributed by atoms with E-state index in [4.69, 9.17) is 0 Å². The van der Waals surface area contributed by atoms with E-state index in [0.29, 0.717) is 23.8 Å². The monoisotopic (exact) mass is 413 g/mol. The van der Waals surface area contributed by atoms with Crippen molar-refractivity contribution in [3.8, 4) is 0 Å². The van der Waals surface area contributed by atoms with Crippen LogP contribution in [-0.2, 0) is 0 Å². The number of fused-ring (bicyclic) bond motifs is 3. The number of benzene rings is 1. The first-order valence-corrected chi connectivity index (χ1v) is 11.3. The molecule has 4 aliphatic rings. The number of hydrogen-bond acceptors (Lipinski definition) is 5. The van der Waals surface area contributed by atoms with Crippen LogP contribution in [0, 0.1) is 11.8 Å². The fourth-order valence-electron chi connectivity index (χ4n) is 5.20. The van der Waals surface area contributed by atoms with Crippen LogP contribution >= 0.6 is 0 Å². The Morgan fingerprint density at radius 1 is 1.07 bits per heavy atom. The lowest BCUT2D eigenvalue weighted by atomic mass is 9.75. The molecule has 0 aromatic heterocycles. The van der Waals surface area contributed by atoms with Gasteiger partial charge in [0, 0.05) is 63.1 Å². The minimum Gasteiger partial charge on any atom is -0.336 e. The second-order valence-electron chi connectivity index (χ2n) is 9.27. The summed E-state index contributed by atoms with van der Waals surface area (Å²) in [6.45, 7) is 10.5. The Balaban J connectivity index is 1.21. The van der Waals surface area contributed by atoms with Gasteiger partial charge in [0.1, 0.15) is 0 Å². The first-order chi connectivity index (χ1) is 14.5. The van der Waals surface area contributed by atoms with Crippen LogP contribution < -0.4 is 10.6 Å². The number of anilines is 1. The van der Waals surface area contributed by atoms with Crippen molar-refractivity contribution in [3.05, 3.63) is 29.8 Å². The maximum Gasteiger partial charge on any atom is 0.319 e. The number of piperazine rings is 1. The highest BCUT2D eigenvalue weighted by molar-refractivity contribution is 5.95. The van der Waals surface area contributed by atoms with Crippen LogP contribution in [0.3, 0.4) is 0 Å². The Bertz CT molecular complexity index is 744. The van der Waals surface area contributed by atoms with Gasteiger partial charge in [-0.05, 0) is 69.5 Å². The van der Waals surface area contributed by atoms with Gasteiger partial charge >= 0.3 is 6.03 Å². The van der Waals surface area contributed by atoms with Crippen LogP contribution in [0.15, 0.2) is 24.3 Å². The number of likely N-dealkylation sites (N-methyl/N-ethyl adjacent to an activating group) is 1. The molecule has 0 radical (unpaired) electrons. The molecule has 2 bridgehead atoms. The zero-order valence-corrected chi connectivity index (χ0v) is 18.3. The number of piperidine rings is 3. The topological polar surface area (TPSA) is 67.9 Å². The summed E-state index contributed by atoms with van der Waals surface area (Å²) in [5, 5.41) is 5.92. The number of nitrogens with one attached hydrogen (secondary N) is 2. The van der Waals surface area contributed by atoms with Crippen molar-refractivity contribution >= 4 is 17.5 Å². The molecule has 4 saturated heterocycles. The summed E-state index contributed by atoms with van der Waals surface area (Å²) in [6, 6.07) is 7.28. The summed E-state index contributed by atoms with van der Waals surface area (Å²) >= 11 is 0. The van der Waals surface area contributed by atoms with Crippen molar-refractivity contribution < 1.29 is 9.59 Å². The van der Waals surface area contributed by atoms with E-state index in [1.54, 1.807) is 24.3 Å². The molecule has 164 valence electrons. The third-order valence-corrected chi connectivity index (χ3v) is 7.15. The molecule has 4 unspecified atom stereocenters. The number of nitrogens with zero attached hydrogens (tertiary/aromatic N) is 3. The van der Waals surface area contributed by atoms with Crippen LogP contribution in [0.2, 0.25) is 0 Å². The van der Waals surface area contributed by atoms with E-state index < -0.39 is 0 Å². The smallest absolute Gasteiger partial charge is 0.319 e. The molecule has 0 saturated carbocycles. The summed E-state index contributed by atoms with van der Waals surface area (Å²) in [7, 11) is 2.21. The summed E-state index contributed by atoms with van der Waals surface area (Å²) in [5.74, 6) is 1.58. The van der Waals surface area contributed by atoms with E-state index in [2.05, 4.69) is 32.4 Å². The van der Waals surface area contributed by atoms with Crippen molar-refractivity contribution in [3.63, 3.8) is 0 Å². The molecule has 4 atom stereocenters.